The van der Waals surface area contributed by atoms with Gasteiger partial charge in [-0.05, 0) is 30.9 Å². The molecule has 1 unspecified atom stereocenters. The maximum Gasteiger partial charge on any atom is 0.255 e. The van der Waals surface area contributed by atoms with Gasteiger partial charge in [0.15, 0.2) is 5.82 Å². The minimum absolute atomic E-state index is 0.00719. The van der Waals surface area contributed by atoms with Crippen LogP contribution in [-0.2, 0) is 6.54 Å². The minimum atomic E-state index is -0.00719. The van der Waals surface area contributed by atoms with Crippen LogP contribution in [0, 0.1) is 5.92 Å². The molecule has 1 atom stereocenters. The molecule has 3 aromatic rings. The van der Waals surface area contributed by atoms with Crippen LogP contribution in [-0.4, -0.2) is 41.5 Å². The summed E-state index contributed by atoms with van der Waals surface area (Å²) < 4.78 is 3.96. The Morgan fingerprint density at radius 1 is 1.36 bits per heavy atom. The third-order valence-corrected chi connectivity index (χ3v) is 4.65. The van der Waals surface area contributed by atoms with Gasteiger partial charge in [0.2, 0.25) is 0 Å². The molecule has 1 aliphatic heterocycles. The van der Waals surface area contributed by atoms with Crippen LogP contribution in [0.15, 0.2) is 37.1 Å². The second-order valence-corrected chi connectivity index (χ2v) is 7.00. The van der Waals surface area contributed by atoms with Gasteiger partial charge >= 0.3 is 0 Å². The molecule has 1 aliphatic rings. The first-order valence-electron chi connectivity index (χ1n) is 8.75. The number of rotatable bonds is 4. The Labute approximate surface area is 146 Å². The zero-order valence-electron chi connectivity index (χ0n) is 14.5. The quantitative estimate of drug-likeness (QED) is 0.733. The molecule has 4 heterocycles. The first kappa shape index (κ1) is 15.8. The van der Waals surface area contributed by atoms with Crippen molar-refractivity contribution in [1.82, 2.24) is 29.0 Å². The van der Waals surface area contributed by atoms with Crippen molar-refractivity contribution in [2.24, 2.45) is 5.92 Å². The number of imidazole rings is 1. The number of nitrogens with zero attached hydrogens (tertiary/aromatic N) is 6. The second-order valence-electron chi connectivity index (χ2n) is 7.00. The lowest BCUT2D eigenvalue weighted by molar-refractivity contribution is 0.0726. The Morgan fingerprint density at radius 2 is 2.24 bits per heavy atom. The molecule has 1 amide bonds. The van der Waals surface area contributed by atoms with Gasteiger partial charge in [-0.15, -0.1) is 10.2 Å². The van der Waals surface area contributed by atoms with Crippen LogP contribution >= 0.6 is 0 Å². The highest BCUT2D eigenvalue weighted by atomic mass is 16.2. The van der Waals surface area contributed by atoms with Gasteiger partial charge in [0.25, 0.3) is 5.91 Å². The molecule has 0 aliphatic carbocycles. The van der Waals surface area contributed by atoms with Crippen molar-refractivity contribution in [3.8, 4) is 0 Å². The topological polar surface area (TPSA) is 68.3 Å². The largest absolute Gasteiger partial charge is 0.328 e. The van der Waals surface area contributed by atoms with E-state index in [1.807, 2.05) is 33.8 Å². The predicted molar refractivity (Wildman–Crippen MR) is 93.1 cm³/mol. The number of aromatic nitrogens is 5. The summed E-state index contributed by atoms with van der Waals surface area (Å²) in [5.74, 6) is 1.43. The molecular formula is C18H22N6O. The van der Waals surface area contributed by atoms with Crippen molar-refractivity contribution in [2.75, 3.05) is 6.54 Å². The average Bonchev–Trinajstić information content (AvgIpc) is 3.32. The van der Waals surface area contributed by atoms with Crippen molar-refractivity contribution in [3.63, 3.8) is 0 Å². The lowest BCUT2D eigenvalue weighted by atomic mass is 10.1. The number of likely N-dealkylation sites (tertiary alicyclic amines) is 1. The van der Waals surface area contributed by atoms with Crippen molar-refractivity contribution < 1.29 is 4.79 Å². The smallest absolute Gasteiger partial charge is 0.255 e. The number of fused-ring (bicyclic) bond motifs is 1. The molecule has 0 saturated carbocycles. The van der Waals surface area contributed by atoms with Crippen molar-refractivity contribution in [1.29, 1.82) is 0 Å². The van der Waals surface area contributed by atoms with Crippen LogP contribution < -0.4 is 0 Å². The van der Waals surface area contributed by atoms with Gasteiger partial charge in [0.1, 0.15) is 12.0 Å². The highest BCUT2D eigenvalue weighted by Crippen LogP contribution is 2.32. The standard InChI is InChI=1S/C18H22N6O/c1-13(2)10-23-12-20-21-17(23)15-4-3-8-24(15)18(25)14-5-6-16-19-7-9-22(16)11-14/h5-7,9,11-13,15H,3-4,8,10H2,1-2H3. The summed E-state index contributed by atoms with van der Waals surface area (Å²) >= 11 is 0. The van der Waals surface area contributed by atoms with Crippen molar-refractivity contribution >= 4 is 11.6 Å². The molecule has 0 aromatic carbocycles. The van der Waals surface area contributed by atoms with Gasteiger partial charge in [-0.25, -0.2) is 4.98 Å². The molecule has 1 fully saturated rings. The highest BCUT2D eigenvalue weighted by molar-refractivity contribution is 5.94. The lowest BCUT2D eigenvalue weighted by Crippen LogP contribution is -2.32. The third-order valence-electron chi connectivity index (χ3n) is 4.65. The molecule has 3 aromatic heterocycles. The Hall–Kier alpha value is -2.70. The van der Waals surface area contributed by atoms with Crippen molar-refractivity contribution in [3.05, 3.63) is 48.4 Å². The number of carbonyl (C=O) groups is 1. The Bertz CT molecular complexity index is 896. The predicted octanol–water partition coefficient (Wildman–Crippen LogP) is 2.56. The normalized spacial score (nSPS) is 17.7. The fraction of sp³-hybridized carbons (Fsp3) is 0.444. The summed E-state index contributed by atoms with van der Waals surface area (Å²) in [7, 11) is 0. The Kier molecular flexibility index (Phi) is 3.99. The van der Waals surface area contributed by atoms with Gasteiger partial charge in [0, 0.05) is 31.7 Å². The first-order chi connectivity index (χ1) is 12.1. The maximum absolute atomic E-state index is 13.1. The number of hydrogen-bond acceptors (Lipinski definition) is 4. The molecule has 0 spiro atoms. The minimum Gasteiger partial charge on any atom is -0.328 e. The molecule has 130 valence electrons. The van der Waals surface area contributed by atoms with Crippen LogP contribution in [0.4, 0.5) is 0 Å². The molecule has 0 bridgehead atoms. The summed E-state index contributed by atoms with van der Waals surface area (Å²) in [4.78, 5) is 19.2. The van der Waals surface area contributed by atoms with E-state index in [0.717, 1.165) is 37.4 Å². The molecule has 0 radical (unpaired) electrons. The molecule has 1 saturated heterocycles. The summed E-state index contributed by atoms with van der Waals surface area (Å²) in [6, 6.07) is 3.71. The number of hydrogen-bond donors (Lipinski definition) is 0. The Morgan fingerprint density at radius 3 is 3.08 bits per heavy atom. The molecule has 25 heavy (non-hydrogen) atoms. The SMILES string of the molecule is CC(C)Cn1cnnc1C1CCCN1C(=O)c1ccc2nccn2c1. The fourth-order valence-electron chi connectivity index (χ4n) is 3.55. The highest BCUT2D eigenvalue weighted by Gasteiger charge is 2.34. The monoisotopic (exact) mass is 338 g/mol. The van der Waals surface area contributed by atoms with E-state index in [-0.39, 0.29) is 11.9 Å². The first-order valence-corrected chi connectivity index (χ1v) is 8.75. The van der Waals surface area contributed by atoms with E-state index in [9.17, 15) is 4.79 Å². The van der Waals surface area contributed by atoms with Crippen LogP contribution in [0.5, 0.6) is 0 Å². The lowest BCUT2D eigenvalue weighted by Gasteiger charge is -2.25. The third kappa shape index (κ3) is 2.90. The molecule has 7 heteroatoms. The molecule has 4 rings (SSSR count). The fourth-order valence-corrected chi connectivity index (χ4v) is 3.55. The average molecular weight is 338 g/mol. The second kappa shape index (κ2) is 6.31. The summed E-state index contributed by atoms with van der Waals surface area (Å²) in [6.07, 6.45) is 9.12. The van der Waals surface area contributed by atoms with E-state index >= 15 is 0 Å². The van der Waals surface area contributed by atoms with E-state index < -0.39 is 0 Å². The van der Waals surface area contributed by atoms with Gasteiger partial charge in [-0.3, -0.25) is 4.79 Å². The molecule has 0 N–H and O–H groups in total. The van der Waals surface area contributed by atoms with Crippen LogP contribution in [0.3, 0.4) is 0 Å². The summed E-state index contributed by atoms with van der Waals surface area (Å²) in [5, 5.41) is 8.41. The number of pyridine rings is 1. The van der Waals surface area contributed by atoms with Crippen molar-refractivity contribution in [2.45, 2.75) is 39.3 Å². The zero-order valence-corrected chi connectivity index (χ0v) is 14.5. The number of carbonyl (C=O) groups excluding carboxylic acids is 1. The van der Waals surface area contributed by atoms with Crippen LogP contribution in [0.25, 0.3) is 5.65 Å². The van der Waals surface area contributed by atoms with E-state index in [1.165, 1.54) is 0 Å². The maximum atomic E-state index is 13.1. The van der Waals surface area contributed by atoms with Crippen LogP contribution in [0.1, 0.15) is 48.9 Å². The van der Waals surface area contributed by atoms with Gasteiger partial charge in [0.05, 0.1) is 11.6 Å². The summed E-state index contributed by atoms with van der Waals surface area (Å²) in [6.45, 7) is 5.95. The van der Waals surface area contributed by atoms with E-state index in [0.29, 0.717) is 11.5 Å². The van der Waals surface area contributed by atoms with Crippen LogP contribution in [0.2, 0.25) is 0 Å². The summed E-state index contributed by atoms with van der Waals surface area (Å²) in [5.41, 5.74) is 1.51. The van der Waals surface area contributed by atoms with E-state index in [1.54, 1.807) is 12.5 Å². The van der Waals surface area contributed by atoms with Gasteiger partial charge < -0.3 is 13.9 Å². The van der Waals surface area contributed by atoms with Gasteiger partial charge in [-0.1, -0.05) is 13.8 Å². The molecule has 7 nitrogen and oxygen atoms in total. The number of amides is 1. The zero-order chi connectivity index (χ0) is 17.4. The molecular weight excluding hydrogens is 316 g/mol. The Balaban J connectivity index is 1.62. The van der Waals surface area contributed by atoms with E-state index in [2.05, 4.69) is 33.6 Å². The van der Waals surface area contributed by atoms with Gasteiger partial charge in [-0.2, -0.15) is 0 Å². The van der Waals surface area contributed by atoms with E-state index in [4.69, 9.17) is 0 Å².